The molecule has 0 radical (unpaired) electrons. The summed E-state index contributed by atoms with van der Waals surface area (Å²) in [7, 11) is 0. The van der Waals surface area contributed by atoms with Crippen molar-refractivity contribution in [3.63, 3.8) is 0 Å². The summed E-state index contributed by atoms with van der Waals surface area (Å²) in [5, 5.41) is 14.6. The van der Waals surface area contributed by atoms with Crippen LogP contribution in [0.3, 0.4) is 0 Å². The molecular formula is C25H23N3OS. The van der Waals surface area contributed by atoms with Crippen molar-refractivity contribution in [3.8, 4) is 11.3 Å². The molecule has 0 bridgehead atoms. The maximum atomic E-state index is 12.2. The van der Waals surface area contributed by atoms with Gasteiger partial charge in [-0.05, 0) is 52.6 Å². The van der Waals surface area contributed by atoms with Gasteiger partial charge in [0.1, 0.15) is 5.03 Å². The molecule has 1 amide bonds. The van der Waals surface area contributed by atoms with Crippen molar-refractivity contribution in [1.82, 2.24) is 10.2 Å². The van der Waals surface area contributed by atoms with Gasteiger partial charge in [-0.1, -0.05) is 74.1 Å². The molecular weight excluding hydrogens is 390 g/mol. The minimum Gasteiger partial charge on any atom is -0.325 e. The number of amides is 1. The first-order valence-electron chi connectivity index (χ1n) is 9.94. The summed E-state index contributed by atoms with van der Waals surface area (Å²) < 4.78 is 0. The number of nitrogens with zero attached hydrogens (tertiary/aromatic N) is 2. The maximum absolute atomic E-state index is 12.2. The van der Waals surface area contributed by atoms with E-state index in [2.05, 4.69) is 59.7 Å². The van der Waals surface area contributed by atoms with Gasteiger partial charge in [-0.25, -0.2) is 0 Å². The molecule has 30 heavy (non-hydrogen) atoms. The third kappa shape index (κ3) is 4.86. The van der Waals surface area contributed by atoms with Crippen LogP contribution in [0.15, 0.2) is 83.9 Å². The highest BCUT2D eigenvalue weighted by atomic mass is 32.2. The van der Waals surface area contributed by atoms with Crippen molar-refractivity contribution in [2.24, 2.45) is 0 Å². The highest BCUT2D eigenvalue weighted by molar-refractivity contribution is 7.99. The van der Waals surface area contributed by atoms with E-state index in [0.717, 1.165) is 22.0 Å². The largest absolute Gasteiger partial charge is 0.325 e. The minimum atomic E-state index is -0.0577. The average Bonchev–Trinajstić information content (AvgIpc) is 2.78. The summed E-state index contributed by atoms with van der Waals surface area (Å²) in [5.74, 6) is 0.704. The number of hydrogen-bond donors (Lipinski definition) is 1. The van der Waals surface area contributed by atoms with E-state index >= 15 is 0 Å². The van der Waals surface area contributed by atoms with E-state index in [9.17, 15) is 4.79 Å². The highest BCUT2D eigenvalue weighted by Crippen LogP contribution is 2.24. The Hall–Kier alpha value is -3.18. The second kappa shape index (κ2) is 9.09. The predicted octanol–water partition coefficient (Wildman–Crippen LogP) is 6.15. The molecule has 5 heteroatoms. The number of carbonyl (C=O) groups is 1. The first-order chi connectivity index (χ1) is 14.6. The molecule has 0 aliphatic rings. The van der Waals surface area contributed by atoms with E-state index in [0.29, 0.717) is 5.92 Å². The van der Waals surface area contributed by atoms with Gasteiger partial charge in [-0.3, -0.25) is 4.79 Å². The Morgan fingerprint density at radius 1 is 0.900 bits per heavy atom. The van der Waals surface area contributed by atoms with E-state index in [1.54, 1.807) is 0 Å². The van der Waals surface area contributed by atoms with Gasteiger partial charge in [0.15, 0.2) is 0 Å². The fourth-order valence-electron chi connectivity index (χ4n) is 3.19. The van der Waals surface area contributed by atoms with Crippen molar-refractivity contribution in [2.45, 2.75) is 24.8 Å². The molecule has 0 aliphatic heterocycles. The molecule has 0 fully saturated rings. The Bertz CT molecular complexity index is 1160. The molecule has 4 rings (SSSR count). The summed E-state index contributed by atoms with van der Waals surface area (Å²) >= 11 is 1.38. The Morgan fingerprint density at radius 3 is 2.37 bits per heavy atom. The van der Waals surface area contributed by atoms with Gasteiger partial charge in [-0.15, -0.1) is 10.2 Å². The zero-order valence-electron chi connectivity index (χ0n) is 17.0. The quantitative estimate of drug-likeness (QED) is 0.385. The third-order valence-corrected chi connectivity index (χ3v) is 5.82. The predicted molar refractivity (Wildman–Crippen MR) is 125 cm³/mol. The van der Waals surface area contributed by atoms with Crippen LogP contribution < -0.4 is 5.32 Å². The standard InChI is InChI=1S/C25H23N3OS/c1-17(2)18-9-11-22(12-10-18)26-24(29)16-30-25-14-13-23(27-28-25)21-8-7-19-5-3-4-6-20(19)15-21/h3-15,17H,16H2,1-2H3,(H,26,29). The number of carbonyl (C=O) groups excluding carboxylic acids is 1. The zero-order chi connectivity index (χ0) is 20.9. The molecule has 0 unspecified atom stereocenters. The second-order valence-electron chi connectivity index (χ2n) is 7.43. The number of fused-ring (bicyclic) bond motifs is 1. The van der Waals surface area contributed by atoms with Gasteiger partial charge < -0.3 is 5.32 Å². The topological polar surface area (TPSA) is 54.9 Å². The zero-order valence-corrected chi connectivity index (χ0v) is 17.8. The molecule has 3 aromatic carbocycles. The Morgan fingerprint density at radius 2 is 1.67 bits per heavy atom. The Kier molecular flexibility index (Phi) is 6.10. The van der Waals surface area contributed by atoms with Crippen LogP contribution in [0.4, 0.5) is 5.69 Å². The first kappa shape index (κ1) is 20.1. The van der Waals surface area contributed by atoms with E-state index < -0.39 is 0 Å². The molecule has 1 aromatic heterocycles. The van der Waals surface area contributed by atoms with Gasteiger partial charge in [0.25, 0.3) is 0 Å². The molecule has 1 N–H and O–H groups in total. The third-order valence-electron chi connectivity index (χ3n) is 4.90. The highest BCUT2D eigenvalue weighted by Gasteiger charge is 2.07. The van der Waals surface area contributed by atoms with Crippen molar-refractivity contribution in [1.29, 1.82) is 0 Å². The van der Waals surface area contributed by atoms with Crippen LogP contribution in [0.1, 0.15) is 25.3 Å². The van der Waals surface area contributed by atoms with Gasteiger partial charge >= 0.3 is 0 Å². The summed E-state index contributed by atoms with van der Waals surface area (Å²) in [4.78, 5) is 12.2. The van der Waals surface area contributed by atoms with Crippen LogP contribution in [0, 0.1) is 0 Å². The molecule has 4 aromatic rings. The summed E-state index contributed by atoms with van der Waals surface area (Å²) in [6, 6.07) is 26.3. The fourth-order valence-corrected chi connectivity index (χ4v) is 3.80. The normalized spacial score (nSPS) is 11.0. The van der Waals surface area contributed by atoms with Crippen LogP contribution in [0.2, 0.25) is 0 Å². The fraction of sp³-hybridized carbons (Fsp3) is 0.160. The lowest BCUT2D eigenvalue weighted by Crippen LogP contribution is -2.14. The van der Waals surface area contributed by atoms with Crippen molar-refractivity contribution < 1.29 is 4.79 Å². The summed E-state index contributed by atoms with van der Waals surface area (Å²) in [6.07, 6.45) is 0. The molecule has 150 valence electrons. The Labute approximate surface area is 180 Å². The lowest BCUT2D eigenvalue weighted by molar-refractivity contribution is -0.113. The van der Waals surface area contributed by atoms with E-state index in [1.165, 1.54) is 28.1 Å². The number of thioether (sulfide) groups is 1. The molecule has 0 aliphatic carbocycles. The lowest BCUT2D eigenvalue weighted by Gasteiger charge is -2.08. The van der Waals surface area contributed by atoms with Crippen molar-refractivity contribution in [3.05, 3.63) is 84.4 Å². The monoisotopic (exact) mass is 413 g/mol. The number of anilines is 1. The van der Waals surface area contributed by atoms with Crippen LogP contribution in [0.25, 0.3) is 22.0 Å². The van der Waals surface area contributed by atoms with Gasteiger partial charge in [0.05, 0.1) is 11.4 Å². The van der Waals surface area contributed by atoms with Gasteiger partial charge in [0.2, 0.25) is 5.91 Å². The SMILES string of the molecule is CC(C)c1ccc(NC(=O)CSc2ccc(-c3ccc4ccccc4c3)nn2)cc1. The number of aromatic nitrogens is 2. The van der Waals surface area contributed by atoms with Gasteiger partial charge in [0, 0.05) is 11.3 Å². The van der Waals surface area contributed by atoms with E-state index in [4.69, 9.17) is 0 Å². The van der Waals surface area contributed by atoms with Crippen LogP contribution in [-0.4, -0.2) is 21.9 Å². The second-order valence-corrected chi connectivity index (χ2v) is 8.43. The van der Waals surface area contributed by atoms with Crippen molar-refractivity contribution >= 4 is 34.1 Å². The smallest absolute Gasteiger partial charge is 0.234 e. The van der Waals surface area contributed by atoms with E-state index in [1.807, 2.05) is 48.5 Å². The first-order valence-corrected chi connectivity index (χ1v) is 10.9. The van der Waals surface area contributed by atoms with E-state index in [-0.39, 0.29) is 11.7 Å². The lowest BCUT2D eigenvalue weighted by atomic mass is 10.0. The van der Waals surface area contributed by atoms with Gasteiger partial charge in [-0.2, -0.15) is 0 Å². The molecule has 0 saturated heterocycles. The summed E-state index contributed by atoms with van der Waals surface area (Å²) in [6.45, 7) is 4.30. The van der Waals surface area contributed by atoms with Crippen LogP contribution >= 0.6 is 11.8 Å². The van der Waals surface area contributed by atoms with Crippen molar-refractivity contribution in [2.75, 3.05) is 11.1 Å². The molecule has 0 atom stereocenters. The number of rotatable bonds is 6. The Balaban J connectivity index is 1.35. The summed E-state index contributed by atoms with van der Waals surface area (Å²) in [5.41, 5.74) is 3.91. The van der Waals surface area contributed by atoms with Crippen LogP contribution in [-0.2, 0) is 4.79 Å². The molecule has 0 spiro atoms. The molecule has 0 saturated carbocycles. The van der Waals surface area contributed by atoms with Crippen LogP contribution in [0.5, 0.6) is 0 Å². The molecule has 1 heterocycles. The number of hydrogen-bond acceptors (Lipinski definition) is 4. The minimum absolute atomic E-state index is 0.0577. The number of benzene rings is 3. The average molecular weight is 414 g/mol. The maximum Gasteiger partial charge on any atom is 0.234 e. The number of nitrogens with one attached hydrogen (secondary N) is 1. The molecule has 4 nitrogen and oxygen atoms in total.